The van der Waals surface area contributed by atoms with Crippen LogP contribution in [-0.4, -0.2) is 11.7 Å². The third kappa shape index (κ3) is 3.30. The summed E-state index contributed by atoms with van der Waals surface area (Å²) in [5, 5.41) is 6.74. The van der Waals surface area contributed by atoms with Crippen LogP contribution in [0, 0.1) is 6.92 Å². The van der Waals surface area contributed by atoms with E-state index in [2.05, 4.69) is 5.32 Å². The molecule has 0 atom stereocenters. The molecule has 0 radical (unpaired) electrons. The Balaban J connectivity index is 2.38. The summed E-state index contributed by atoms with van der Waals surface area (Å²) >= 11 is 1.61. The molecule has 0 aliphatic rings. The van der Waals surface area contributed by atoms with Gasteiger partial charge in [-0.1, -0.05) is 0 Å². The van der Waals surface area contributed by atoms with Crippen LogP contribution in [0.3, 0.4) is 0 Å². The molecule has 0 spiro atoms. The van der Waals surface area contributed by atoms with E-state index in [9.17, 15) is 9.59 Å². The van der Waals surface area contributed by atoms with Crippen LogP contribution >= 0.6 is 11.3 Å². The van der Waals surface area contributed by atoms with Crippen LogP contribution < -0.4 is 5.32 Å². The molecule has 0 saturated heterocycles. The Labute approximate surface area is 87.1 Å². The number of amides is 1. The molecule has 1 N–H and O–H groups in total. The first-order chi connectivity index (χ1) is 6.59. The van der Waals surface area contributed by atoms with Gasteiger partial charge in [0.25, 0.3) is 0 Å². The highest BCUT2D eigenvalue weighted by molar-refractivity contribution is 7.08. The Morgan fingerprint density at radius 2 is 2.14 bits per heavy atom. The Hall–Kier alpha value is -1.16. The van der Waals surface area contributed by atoms with Gasteiger partial charge in [-0.3, -0.25) is 9.59 Å². The summed E-state index contributed by atoms with van der Waals surface area (Å²) in [4.78, 5) is 21.8. The van der Waals surface area contributed by atoms with E-state index in [1.807, 2.05) is 17.7 Å². The average Bonchev–Trinajstić information content (AvgIpc) is 2.46. The van der Waals surface area contributed by atoms with Crippen molar-refractivity contribution in [3.63, 3.8) is 0 Å². The van der Waals surface area contributed by atoms with E-state index in [1.54, 1.807) is 11.3 Å². The summed E-state index contributed by atoms with van der Waals surface area (Å²) in [5.74, 6) is -0.312. The van der Waals surface area contributed by atoms with Crippen LogP contribution in [0.15, 0.2) is 10.8 Å². The average molecular weight is 211 g/mol. The van der Waals surface area contributed by atoms with Crippen molar-refractivity contribution in [3.05, 3.63) is 21.9 Å². The highest BCUT2D eigenvalue weighted by Gasteiger charge is 2.05. The van der Waals surface area contributed by atoms with Gasteiger partial charge >= 0.3 is 0 Å². The molecule has 1 rings (SSSR count). The van der Waals surface area contributed by atoms with Crippen molar-refractivity contribution < 1.29 is 9.59 Å². The maximum atomic E-state index is 11.1. The molecule has 1 aromatic heterocycles. The standard InChI is InChI=1S/C10H13NO2S/c1-7-5-14-6-9(7)4-11-10(13)3-8(2)12/h5-6H,3-4H2,1-2H3,(H,11,13). The first-order valence-electron chi connectivity index (χ1n) is 4.37. The van der Waals surface area contributed by atoms with E-state index in [1.165, 1.54) is 12.5 Å². The molecule has 0 aliphatic carbocycles. The van der Waals surface area contributed by atoms with Crippen LogP contribution in [0.2, 0.25) is 0 Å². The van der Waals surface area contributed by atoms with Gasteiger partial charge in [0.05, 0.1) is 6.42 Å². The van der Waals surface area contributed by atoms with Crippen LogP contribution in [0.1, 0.15) is 24.5 Å². The molecule has 3 nitrogen and oxygen atoms in total. The monoisotopic (exact) mass is 211 g/mol. The topological polar surface area (TPSA) is 46.2 Å². The maximum Gasteiger partial charge on any atom is 0.227 e. The predicted molar refractivity (Wildman–Crippen MR) is 56.2 cm³/mol. The molecule has 1 heterocycles. The molecule has 0 saturated carbocycles. The number of carbonyl (C=O) groups excluding carboxylic acids is 2. The number of ketones is 1. The normalized spacial score (nSPS) is 9.86. The lowest BCUT2D eigenvalue weighted by Gasteiger charge is -2.02. The summed E-state index contributed by atoms with van der Waals surface area (Å²) in [6, 6.07) is 0. The molecule has 14 heavy (non-hydrogen) atoms. The number of nitrogens with one attached hydrogen (secondary N) is 1. The third-order valence-corrected chi connectivity index (χ3v) is 2.76. The zero-order valence-corrected chi connectivity index (χ0v) is 9.11. The van der Waals surface area contributed by atoms with E-state index < -0.39 is 0 Å². The second-order valence-electron chi connectivity index (χ2n) is 3.24. The number of rotatable bonds is 4. The number of hydrogen-bond donors (Lipinski definition) is 1. The fourth-order valence-electron chi connectivity index (χ4n) is 1.05. The molecule has 0 aromatic carbocycles. The molecule has 0 bridgehead atoms. The number of aryl methyl sites for hydroxylation is 1. The zero-order valence-electron chi connectivity index (χ0n) is 8.29. The lowest BCUT2D eigenvalue weighted by Crippen LogP contribution is -2.24. The lowest BCUT2D eigenvalue weighted by molar-refractivity contribution is -0.127. The van der Waals surface area contributed by atoms with Crippen molar-refractivity contribution in [2.45, 2.75) is 26.8 Å². The van der Waals surface area contributed by atoms with Gasteiger partial charge in [0.2, 0.25) is 5.91 Å². The van der Waals surface area contributed by atoms with Crippen molar-refractivity contribution in [3.8, 4) is 0 Å². The molecule has 1 amide bonds. The summed E-state index contributed by atoms with van der Waals surface area (Å²) in [6.07, 6.45) is -0.0246. The Morgan fingerprint density at radius 1 is 1.43 bits per heavy atom. The fourth-order valence-corrected chi connectivity index (χ4v) is 1.91. The van der Waals surface area contributed by atoms with E-state index >= 15 is 0 Å². The van der Waals surface area contributed by atoms with E-state index in [4.69, 9.17) is 0 Å². The van der Waals surface area contributed by atoms with Gasteiger partial charge in [-0.15, -0.1) is 0 Å². The van der Waals surface area contributed by atoms with Gasteiger partial charge in [0.15, 0.2) is 0 Å². The van der Waals surface area contributed by atoms with E-state index in [-0.39, 0.29) is 18.1 Å². The smallest absolute Gasteiger partial charge is 0.227 e. The van der Waals surface area contributed by atoms with Crippen molar-refractivity contribution in [2.75, 3.05) is 0 Å². The van der Waals surface area contributed by atoms with Crippen LogP contribution in [0.25, 0.3) is 0 Å². The zero-order chi connectivity index (χ0) is 10.6. The van der Waals surface area contributed by atoms with Crippen molar-refractivity contribution in [1.82, 2.24) is 5.32 Å². The quantitative estimate of drug-likeness (QED) is 0.770. The number of thiophene rings is 1. The minimum atomic E-state index is -0.205. The molecule has 1 aromatic rings. The number of carbonyl (C=O) groups is 2. The summed E-state index contributed by atoms with van der Waals surface area (Å²) in [5.41, 5.74) is 2.30. The summed E-state index contributed by atoms with van der Waals surface area (Å²) < 4.78 is 0. The lowest BCUT2D eigenvalue weighted by atomic mass is 10.2. The highest BCUT2D eigenvalue weighted by atomic mass is 32.1. The number of Topliss-reactive ketones (excluding diaryl/α,β-unsaturated/α-hetero) is 1. The van der Waals surface area contributed by atoms with E-state index in [0.717, 1.165) is 5.56 Å². The number of hydrogen-bond acceptors (Lipinski definition) is 3. The molecule has 76 valence electrons. The van der Waals surface area contributed by atoms with Crippen LogP contribution in [-0.2, 0) is 16.1 Å². The minimum Gasteiger partial charge on any atom is -0.352 e. The minimum absolute atomic E-state index is 0.0246. The van der Waals surface area contributed by atoms with Crippen LogP contribution in [0.5, 0.6) is 0 Å². The third-order valence-electron chi connectivity index (χ3n) is 1.85. The Bertz CT molecular complexity index is 344. The van der Waals surface area contributed by atoms with E-state index in [0.29, 0.717) is 6.54 Å². The summed E-state index contributed by atoms with van der Waals surface area (Å²) in [7, 11) is 0. The van der Waals surface area contributed by atoms with Crippen LogP contribution in [0.4, 0.5) is 0 Å². The van der Waals surface area contributed by atoms with Crippen molar-refractivity contribution in [2.24, 2.45) is 0 Å². The molecule has 0 unspecified atom stereocenters. The highest BCUT2D eigenvalue weighted by Crippen LogP contribution is 2.12. The molecule has 0 aliphatic heterocycles. The second-order valence-corrected chi connectivity index (χ2v) is 3.98. The summed E-state index contributed by atoms with van der Waals surface area (Å²) in [6.45, 7) is 3.93. The van der Waals surface area contributed by atoms with Gasteiger partial charge in [-0.2, -0.15) is 11.3 Å². The van der Waals surface area contributed by atoms with Gasteiger partial charge in [-0.25, -0.2) is 0 Å². The fraction of sp³-hybridized carbons (Fsp3) is 0.400. The predicted octanol–water partition coefficient (Wildman–Crippen LogP) is 1.65. The largest absolute Gasteiger partial charge is 0.352 e. The Kier molecular flexibility index (Phi) is 3.83. The van der Waals surface area contributed by atoms with Crippen molar-refractivity contribution >= 4 is 23.0 Å². The van der Waals surface area contributed by atoms with Gasteiger partial charge in [-0.05, 0) is 35.7 Å². The van der Waals surface area contributed by atoms with Gasteiger partial charge in [0, 0.05) is 6.54 Å². The SMILES string of the molecule is CC(=O)CC(=O)NCc1cscc1C. The molecular weight excluding hydrogens is 198 g/mol. The first-order valence-corrected chi connectivity index (χ1v) is 5.31. The van der Waals surface area contributed by atoms with Gasteiger partial charge < -0.3 is 5.32 Å². The first kappa shape index (κ1) is 10.9. The van der Waals surface area contributed by atoms with Crippen molar-refractivity contribution in [1.29, 1.82) is 0 Å². The molecule has 4 heteroatoms. The maximum absolute atomic E-state index is 11.1. The molecule has 0 fully saturated rings. The van der Waals surface area contributed by atoms with Gasteiger partial charge in [0.1, 0.15) is 5.78 Å². The second kappa shape index (κ2) is 4.91. The molecular formula is C10H13NO2S. The Morgan fingerprint density at radius 3 is 2.64 bits per heavy atom.